The molecule has 0 aliphatic heterocycles. The van der Waals surface area contributed by atoms with Crippen LogP contribution in [-0.4, -0.2) is 19.6 Å². The quantitative estimate of drug-likeness (QED) is 0.751. The molecular weight excluding hydrogens is 302 g/mol. The Morgan fingerprint density at radius 1 is 1.08 bits per heavy atom. The fourth-order valence-electron chi connectivity index (χ4n) is 2.22. The number of methoxy groups -OCH3 is 1. The number of hydrogen-bond acceptors (Lipinski definition) is 3. The van der Waals surface area contributed by atoms with Crippen LogP contribution in [0.3, 0.4) is 0 Å². The zero-order chi connectivity index (χ0) is 17.2. The van der Waals surface area contributed by atoms with Crippen molar-refractivity contribution in [3.05, 3.63) is 65.7 Å². The third-order valence-corrected chi connectivity index (χ3v) is 3.44. The van der Waals surface area contributed by atoms with Crippen molar-refractivity contribution in [2.45, 2.75) is 19.9 Å². The number of amides is 1. The first-order valence-electron chi connectivity index (χ1n) is 8.04. The Hall–Kier alpha value is -2.75. The van der Waals surface area contributed by atoms with Gasteiger partial charge in [-0.3, -0.25) is 4.79 Å². The summed E-state index contributed by atoms with van der Waals surface area (Å²) in [5.74, 6) is 1.39. The van der Waals surface area contributed by atoms with Gasteiger partial charge in [0.1, 0.15) is 11.5 Å². The molecule has 0 aliphatic rings. The van der Waals surface area contributed by atoms with Crippen molar-refractivity contribution in [1.29, 1.82) is 0 Å². The predicted octanol–water partition coefficient (Wildman–Crippen LogP) is 3.81. The topological polar surface area (TPSA) is 47.6 Å². The lowest BCUT2D eigenvalue weighted by atomic mass is 10.2. The molecular formula is C20H23NO3. The van der Waals surface area contributed by atoms with Crippen LogP contribution >= 0.6 is 0 Å². The number of rotatable bonds is 8. The molecule has 1 N–H and O–H groups in total. The van der Waals surface area contributed by atoms with Crippen molar-refractivity contribution in [2.24, 2.45) is 0 Å². The molecule has 0 spiro atoms. The van der Waals surface area contributed by atoms with Gasteiger partial charge in [0.15, 0.2) is 0 Å². The highest BCUT2D eigenvalue weighted by atomic mass is 16.5. The van der Waals surface area contributed by atoms with Gasteiger partial charge in [0, 0.05) is 23.7 Å². The van der Waals surface area contributed by atoms with Crippen molar-refractivity contribution < 1.29 is 14.3 Å². The van der Waals surface area contributed by atoms with E-state index in [-0.39, 0.29) is 5.91 Å². The van der Waals surface area contributed by atoms with Crippen molar-refractivity contribution in [3.8, 4) is 11.5 Å². The molecule has 0 aromatic heterocycles. The summed E-state index contributed by atoms with van der Waals surface area (Å²) in [6, 6.07) is 15.3. The first-order valence-corrected chi connectivity index (χ1v) is 8.04. The first kappa shape index (κ1) is 17.6. The van der Waals surface area contributed by atoms with Crippen molar-refractivity contribution >= 4 is 12.0 Å². The van der Waals surface area contributed by atoms with Crippen molar-refractivity contribution in [2.75, 3.05) is 13.7 Å². The second kappa shape index (κ2) is 9.40. The minimum absolute atomic E-state index is 0.161. The zero-order valence-corrected chi connectivity index (χ0v) is 14.1. The maximum atomic E-state index is 12.0. The van der Waals surface area contributed by atoms with Gasteiger partial charge in [-0.1, -0.05) is 43.3 Å². The van der Waals surface area contributed by atoms with E-state index >= 15 is 0 Å². The Labute approximate surface area is 143 Å². The van der Waals surface area contributed by atoms with Gasteiger partial charge in [-0.2, -0.15) is 0 Å². The fraction of sp³-hybridized carbons (Fsp3) is 0.250. The summed E-state index contributed by atoms with van der Waals surface area (Å²) in [4.78, 5) is 12.0. The van der Waals surface area contributed by atoms with Crippen LogP contribution in [0.5, 0.6) is 11.5 Å². The highest BCUT2D eigenvalue weighted by Crippen LogP contribution is 2.20. The van der Waals surface area contributed by atoms with Gasteiger partial charge < -0.3 is 14.8 Å². The highest BCUT2D eigenvalue weighted by Gasteiger charge is 2.04. The average Bonchev–Trinajstić information content (AvgIpc) is 2.63. The first-order chi connectivity index (χ1) is 11.7. The zero-order valence-electron chi connectivity index (χ0n) is 14.1. The van der Waals surface area contributed by atoms with Crippen LogP contribution in [0.25, 0.3) is 6.08 Å². The molecule has 0 fully saturated rings. The molecule has 0 aliphatic carbocycles. The monoisotopic (exact) mass is 325 g/mol. The second-order valence-corrected chi connectivity index (χ2v) is 5.25. The molecule has 126 valence electrons. The molecule has 0 bridgehead atoms. The molecule has 0 saturated carbocycles. The fourth-order valence-corrected chi connectivity index (χ4v) is 2.22. The van der Waals surface area contributed by atoms with Crippen LogP contribution in [0, 0.1) is 0 Å². The average molecular weight is 325 g/mol. The number of ether oxygens (including phenoxy) is 2. The molecule has 0 unspecified atom stereocenters. The van der Waals surface area contributed by atoms with Gasteiger partial charge in [0.2, 0.25) is 5.91 Å². The second-order valence-electron chi connectivity index (χ2n) is 5.25. The van der Waals surface area contributed by atoms with Gasteiger partial charge in [-0.05, 0) is 24.6 Å². The molecule has 0 atom stereocenters. The van der Waals surface area contributed by atoms with Gasteiger partial charge in [0.05, 0.1) is 13.7 Å². The lowest BCUT2D eigenvalue weighted by Gasteiger charge is -2.09. The number of carbonyl (C=O) groups is 1. The van der Waals surface area contributed by atoms with Crippen LogP contribution in [0.2, 0.25) is 0 Å². The molecule has 2 aromatic carbocycles. The maximum absolute atomic E-state index is 12.0. The summed E-state index contributed by atoms with van der Waals surface area (Å²) in [5.41, 5.74) is 1.83. The third kappa shape index (κ3) is 5.16. The van der Waals surface area contributed by atoms with Crippen LogP contribution in [0.1, 0.15) is 24.5 Å². The number of hydrogen-bond donors (Lipinski definition) is 1. The number of benzene rings is 2. The normalized spacial score (nSPS) is 10.6. The molecule has 0 radical (unpaired) electrons. The lowest BCUT2D eigenvalue weighted by molar-refractivity contribution is -0.116. The minimum atomic E-state index is -0.161. The van der Waals surface area contributed by atoms with E-state index in [2.05, 4.69) is 12.2 Å². The van der Waals surface area contributed by atoms with Crippen LogP contribution in [-0.2, 0) is 11.3 Å². The Kier molecular flexibility index (Phi) is 6.90. The van der Waals surface area contributed by atoms with E-state index in [9.17, 15) is 4.79 Å². The van der Waals surface area contributed by atoms with E-state index in [1.807, 2.05) is 48.5 Å². The van der Waals surface area contributed by atoms with Gasteiger partial charge >= 0.3 is 0 Å². The summed E-state index contributed by atoms with van der Waals surface area (Å²) in [6.07, 6.45) is 4.23. The third-order valence-electron chi connectivity index (χ3n) is 3.44. The molecule has 2 rings (SSSR count). The van der Waals surface area contributed by atoms with Crippen LogP contribution < -0.4 is 14.8 Å². The van der Waals surface area contributed by atoms with E-state index in [4.69, 9.17) is 9.47 Å². The molecule has 0 heterocycles. The smallest absolute Gasteiger partial charge is 0.244 e. The molecule has 0 saturated heterocycles. The Balaban J connectivity index is 1.96. The van der Waals surface area contributed by atoms with Crippen molar-refractivity contribution in [1.82, 2.24) is 5.32 Å². The summed E-state index contributed by atoms with van der Waals surface area (Å²) in [7, 11) is 1.62. The largest absolute Gasteiger partial charge is 0.496 e. The summed E-state index contributed by atoms with van der Waals surface area (Å²) in [5, 5.41) is 2.86. The van der Waals surface area contributed by atoms with E-state index in [0.29, 0.717) is 13.2 Å². The molecule has 2 aromatic rings. The number of para-hydroxylation sites is 2. The molecule has 4 nitrogen and oxygen atoms in total. The van der Waals surface area contributed by atoms with Gasteiger partial charge in [-0.25, -0.2) is 0 Å². The van der Waals surface area contributed by atoms with Crippen LogP contribution in [0.4, 0.5) is 0 Å². The van der Waals surface area contributed by atoms with E-state index in [1.54, 1.807) is 13.2 Å². The maximum Gasteiger partial charge on any atom is 0.244 e. The molecule has 24 heavy (non-hydrogen) atoms. The highest BCUT2D eigenvalue weighted by molar-refractivity contribution is 5.92. The minimum Gasteiger partial charge on any atom is -0.496 e. The predicted molar refractivity (Wildman–Crippen MR) is 96.1 cm³/mol. The Morgan fingerprint density at radius 2 is 1.79 bits per heavy atom. The van der Waals surface area contributed by atoms with Gasteiger partial charge in [0.25, 0.3) is 0 Å². The van der Waals surface area contributed by atoms with E-state index in [1.165, 1.54) is 6.08 Å². The van der Waals surface area contributed by atoms with Crippen molar-refractivity contribution in [3.63, 3.8) is 0 Å². The SMILES string of the molecule is CCCOc1ccccc1/C=C/C(=O)NCc1ccccc1OC. The Morgan fingerprint density at radius 3 is 2.54 bits per heavy atom. The van der Waals surface area contributed by atoms with Crippen LogP contribution in [0.15, 0.2) is 54.6 Å². The molecule has 4 heteroatoms. The van der Waals surface area contributed by atoms with E-state index in [0.717, 1.165) is 29.0 Å². The standard InChI is InChI=1S/C20H23NO3/c1-3-14-24-19-11-7-4-8-16(19)12-13-20(22)21-15-17-9-5-6-10-18(17)23-2/h4-13H,3,14-15H2,1-2H3,(H,21,22)/b13-12+. The van der Waals surface area contributed by atoms with Gasteiger partial charge in [-0.15, -0.1) is 0 Å². The van der Waals surface area contributed by atoms with E-state index < -0.39 is 0 Å². The molecule has 1 amide bonds. The Bertz CT molecular complexity index is 695. The lowest BCUT2D eigenvalue weighted by Crippen LogP contribution is -2.20. The summed E-state index contributed by atoms with van der Waals surface area (Å²) >= 11 is 0. The summed E-state index contributed by atoms with van der Waals surface area (Å²) < 4.78 is 11.0. The number of nitrogens with one attached hydrogen (secondary N) is 1. The number of carbonyl (C=O) groups excluding carboxylic acids is 1. The summed E-state index contributed by atoms with van der Waals surface area (Å²) in [6.45, 7) is 3.13.